The minimum atomic E-state index is -0.410. The Morgan fingerprint density at radius 1 is 1.15 bits per heavy atom. The molecule has 1 fully saturated rings. The zero-order valence-electron chi connectivity index (χ0n) is 14.3. The third-order valence-corrected chi connectivity index (χ3v) is 4.55. The standard InChI is InChI=1S/C19H20FN5O/c20-15-5-1-2-6-16(15)26-19-18(23-9-10-24-19)14-4-3-11-25(12-14)13-17-21-7-8-22-17/h1-2,5-10,14H,3-4,11-13H2,(H,21,22)/t14-/m0/s1. The van der Waals surface area contributed by atoms with E-state index in [0.29, 0.717) is 5.88 Å². The maximum absolute atomic E-state index is 13.9. The molecule has 1 N–H and O–H groups in total. The average molecular weight is 353 g/mol. The van der Waals surface area contributed by atoms with E-state index in [4.69, 9.17) is 4.74 Å². The molecule has 1 aliphatic rings. The van der Waals surface area contributed by atoms with Gasteiger partial charge in [0.15, 0.2) is 11.6 Å². The summed E-state index contributed by atoms with van der Waals surface area (Å²) in [6.07, 6.45) is 8.89. The zero-order valence-corrected chi connectivity index (χ0v) is 14.3. The summed E-state index contributed by atoms with van der Waals surface area (Å²) in [5.74, 6) is 1.27. The molecular weight excluding hydrogens is 333 g/mol. The lowest BCUT2D eigenvalue weighted by Gasteiger charge is -2.32. The molecule has 4 rings (SSSR count). The summed E-state index contributed by atoms with van der Waals surface area (Å²) in [6.45, 7) is 2.63. The number of likely N-dealkylation sites (tertiary alicyclic amines) is 1. The monoisotopic (exact) mass is 353 g/mol. The van der Waals surface area contributed by atoms with Crippen LogP contribution in [-0.4, -0.2) is 37.9 Å². The van der Waals surface area contributed by atoms with Crippen molar-refractivity contribution >= 4 is 0 Å². The normalized spacial score (nSPS) is 18.0. The first kappa shape index (κ1) is 16.7. The highest BCUT2D eigenvalue weighted by molar-refractivity contribution is 5.32. The summed E-state index contributed by atoms with van der Waals surface area (Å²) in [4.78, 5) is 18.6. The van der Waals surface area contributed by atoms with Crippen LogP contribution in [0.2, 0.25) is 0 Å². The van der Waals surface area contributed by atoms with E-state index in [-0.39, 0.29) is 11.7 Å². The maximum atomic E-state index is 13.9. The van der Waals surface area contributed by atoms with Crippen LogP contribution >= 0.6 is 0 Å². The van der Waals surface area contributed by atoms with Crippen LogP contribution in [0.15, 0.2) is 49.1 Å². The zero-order chi connectivity index (χ0) is 17.8. The van der Waals surface area contributed by atoms with Crippen molar-refractivity contribution in [3.05, 3.63) is 66.4 Å². The molecule has 6 nitrogen and oxygen atoms in total. The van der Waals surface area contributed by atoms with E-state index < -0.39 is 5.82 Å². The van der Waals surface area contributed by atoms with E-state index in [1.165, 1.54) is 6.07 Å². The fraction of sp³-hybridized carbons (Fsp3) is 0.316. The lowest BCUT2D eigenvalue weighted by Crippen LogP contribution is -2.34. The van der Waals surface area contributed by atoms with Crippen LogP contribution in [0.25, 0.3) is 0 Å². The second kappa shape index (κ2) is 7.61. The van der Waals surface area contributed by atoms with Crippen molar-refractivity contribution in [2.45, 2.75) is 25.3 Å². The Labute approximate surface area is 151 Å². The Kier molecular flexibility index (Phi) is 4.88. The molecule has 1 saturated heterocycles. The molecule has 0 spiro atoms. The third kappa shape index (κ3) is 3.72. The average Bonchev–Trinajstić information content (AvgIpc) is 3.17. The predicted molar refractivity (Wildman–Crippen MR) is 94.3 cm³/mol. The fourth-order valence-electron chi connectivity index (χ4n) is 3.34. The Morgan fingerprint density at radius 3 is 2.88 bits per heavy atom. The van der Waals surface area contributed by atoms with E-state index in [0.717, 1.165) is 44.0 Å². The van der Waals surface area contributed by atoms with Gasteiger partial charge in [0.05, 0.1) is 6.54 Å². The molecule has 0 bridgehead atoms. The van der Waals surface area contributed by atoms with Crippen LogP contribution in [-0.2, 0) is 6.54 Å². The highest BCUT2D eigenvalue weighted by Crippen LogP contribution is 2.33. The maximum Gasteiger partial charge on any atom is 0.241 e. The molecule has 0 aliphatic carbocycles. The molecular formula is C19H20FN5O. The summed E-state index contributed by atoms with van der Waals surface area (Å²) in [5.41, 5.74) is 0.778. The number of nitrogens with one attached hydrogen (secondary N) is 1. The molecule has 26 heavy (non-hydrogen) atoms. The number of para-hydroxylation sites is 1. The van der Waals surface area contributed by atoms with Gasteiger partial charge in [-0.15, -0.1) is 0 Å². The minimum Gasteiger partial charge on any atom is -0.434 e. The number of nitrogens with zero attached hydrogens (tertiary/aromatic N) is 4. The third-order valence-electron chi connectivity index (χ3n) is 4.55. The van der Waals surface area contributed by atoms with E-state index >= 15 is 0 Å². The summed E-state index contributed by atoms with van der Waals surface area (Å²) in [5, 5.41) is 0. The van der Waals surface area contributed by atoms with Gasteiger partial charge in [0.2, 0.25) is 5.88 Å². The van der Waals surface area contributed by atoms with Gasteiger partial charge in [0.1, 0.15) is 11.5 Å². The van der Waals surface area contributed by atoms with Gasteiger partial charge in [-0.25, -0.2) is 14.4 Å². The van der Waals surface area contributed by atoms with Crippen LogP contribution in [0.3, 0.4) is 0 Å². The van der Waals surface area contributed by atoms with E-state index in [1.807, 2.05) is 6.20 Å². The van der Waals surface area contributed by atoms with Crippen molar-refractivity contribution in [2.75, 3.05) is 13.1 Å². The first-order valence-electron chi connectivity index (χ1n) is 8.73. The number of hydrogen-bond donors (Lipinski definition) is 1. The molecule has 1 atom stereocenters. The molecule has 2 aromatic heterocycles. The highest BCUT2D eigenvalue weighted by atomic mass is 19.1. The molecule has 134 valence electrons. The Hall–Kier alpha value is -2.80. The fourth-order valence-corrected chi connectivity index (χ4v) is 3.34. The Balaban J connectivity index is 1.53. The van der Waals surface area contributed by atoms with Crippen LogP contribution in [0.5, 0.6) is 11.6 Å². The van der Waals surface area contributed by atoms with Gasteiger partial charge in [-0.2, -0.15) is 0 Å². The molecule has 0 unspecified atom stereocenters. The molecule has 7 heteroatoms. The quantitative estimate of drug-likeness (QED) is 0.760. The number of aromatic amines is 1. The van der Waals surface area contributed by atoms with Crippen molar-refractivity contribution in [3.8, 4) is 11.6 Å². The molecule has 0 amide bonds. The number of piperidine rings is 1. The van der Waals surface area contributed by atoms with Crippen molar-refractivity contribution in [2.24, 2.45) is 0 Å². The number of hydrogen-bond acceptors (Lipinski definition) is 5. The summed E-state index contributed by atoms with van der Waals surface area (Å²) < 4.78 is 19.7. The van der Waals surface area contributed by atoms with Gasteiger partial charge in [-0.05, 0) is 31.5 Å². The number of aromatic nitrogens is 4. The molecule has 1 aliphatic heterocycles. The molecule has 1 aromatic carbocycles. The Bertz CT molecular complexity index is 855. The minimum absolute atomic E-state index is 0.164. The van der Waals surface area contributed by atoms with Crippen molar-refractivity contribution in [1.82, 2.24) is 24.8 Å². The van der Waals surface area contributed by atoms with Gasteiger partial charge in [0, 0.05) is 37.3 Å². The molecule has 3 heterocycles. The van der Waals surface area contributed by atoms with Crippen LogP contribution in [0.4, 0.5) is 4.39 Å². The lowest BCUT2D eigenvalue weighted by atomic mass is 9.94. The second-order valence-electron chi connectivity index (χ2n) is 6.39. The SMILES string of the molecule is Fc1ccccc1Oc1nccnc1[C@H]1CCCN(Cc2ncc[nH]2)C1. The number of halogens is 1. The van der Waals surface area contributed by atoms with Crippen molar-refractivity contribution in [1.29, 1.82) is 0 Å². The molecule has 3 aromatic rings. The van der Waals surface area contributed by atoms with Crippen LogP contribution < -0.4 is 4.74 Å². The Morgan fingerprint density at radius 2 is 2.04 bits per heavy atom. The van der Waals surface area contributed by atoms with E-state index in [2.05, 4.69) is 24.8 Å². The number of imidazole rings is 1. The first-order chi connectivity index (χ1) is 12.8. The number of rotatable bonds is 5. The molecule has 0 saturated carbocycles. The highest BCUT2D eigenvalue weighted by Gasteiger charge is 2.26. The second-order valence-corrected chi connectivity index (χ2v) is 6.39. The largest absolute Gasteiger partial charge is 0.434 e. The van der Waals surface area contributed by atoms with Crippen molar-refractivity contribution in [3.63, 3.8) is 0 Å². The molecule has 0 radical (unpaired) electrons. The van der Waals surface area contributed by atoms with Gasteiger partial charge >= 0.3 is 0 Å². The lowest BCUT2D eigenvalue weighted by molar-refractivity contribution is 0.192. The topological polar surface area (TPSA) is 66.9 Å². The number of ether oxygens (including phenoxy) is 1. The summed E-state index contributed by atoms with van der Waals surface area (Å²) in [7, 11) is 0. The van der Waals surface area contributed by atoms with Crippen molar-refractivity contribution < 1.29 is 9.13 Å². The van der Waals surface area contributed by atoms with E-state index in [9.17, 15) is 4.39 Å². The van der Waals surface area contributed by atoms with Gasteiger partial charge in [-0.1, -0.05) is 12.1 Å². The number of H-pyrrole nitrogens is 1. The van der Waals surface area contributed by atoms with E-state index in [1.54, 1.807) is 36.8 Å². The predicted octanol–water partition coefficient (Wildman–Crippen LogP) is 3.51. The smallest absolute Gasteiger partial charge is 0.241 e. The van der Waals surface area contributed by atoms with Gasteiger partial charge in [-0.3, -0.25) is 9.88 Å². The number of benzene rings is 1. The summed E-state index contributed by atoms with van der Waals surface area (Å²) in [6, 6.07) is 6.34. The van der Waals surface area contributed by atoms with Crippen LogP contribution in [0, 0.1) is 5.82 Å². The first-order valence-corrected chi connectivity index (χ1v) is 8.73. The summed E-state index contributed by atoms with van der Waals surface area (Å²) >= 11 is 0. The van der Waals surface area contributed by atoms with Gasteiger partial charge < -0.3 is 9.72 Å². The van der Waals surface area contributed by atoms with Crippen LogP contribution in [0.1, 0.15) is 30.3 Å². The van der Waals surface area contributed by atoms with Gasteiger partial charge in [0.25, 0.3) is 0 Å².